The second-order valence-electron chi connectivity index (χ2n) is 5.26. The molecular formula is C13H23N5O. The molecule has 1 aromatic rings. The molecule has 0 aliphatic carbocycles. The summed E-state index contributed by atoms with van der Waals surface area (Å²) in [6.45, 7) is 8.61. The third-order valence-electron chi connectivity index (χ3n) is 2.48. The molecule has 1 rings (SSSR count). The SMILES string of the molecule is CCCNc1cc(NC(C)(C)CC(N)=O)nc(C)n1. The highest BCUT2D eigenvalue weighted by atomic mass is 16.1. The molecule has 0 aromatic carbocycles. The molecular weight excluding hydrogens is 242 g/mol. The minimum Gasteiger partial charge on any atom is -0.370 e. The lowest BCUT2D eigenvalue weighted by Crippen LogP contribution is -2.36. The minimum absolute atomic E-state index is 0.244. The highest BCUT2D eigenvalue weighted by molar-refractivity contribution is 5.75. The Kier molecular flexibility index (Phi) is 5.09. The number of amides is 1. The maximum Gasteiger partial charge on any atom is 0.219 e. The van der Waals surface area contributed by atoms with Gasteiger partial charge >= 0.3 is 0 Å². The number of hydrogen-bond acceptors (Lipinski definition) is 5. The van der Waals surface area contributed by atoms with Gasteiger partial charge in [0, 0.05) is 24.6 Å². The quantitative estimate of drug-likeness (QED) is 0.697. The summed E-state index contributed by atoms with van der Waals surface area (Å²) in [5.74, 6) is 1.81. The Morgan fingerprint density at radius 3 is 2.58 bits per heavy atom. The number of rotatable bonds is 7. The van der Waals surface area contributed by atoms with Crippen LogP contribution >= 0.6 is 0 Å². The van der Waals surface area contributed by atoms with Crippen LogP contribution in [0.25, 0.3) is 0 Å². The molecule has 0 spiro atoms. The van der Waals surface area contributed by atoms with Crippen molar-refractivity contribution in [3.8, 4) is 0 Å². The first-order valence-electron chi connectivity index (χ1n) is 6.48. The molecule has 1 amide bonds. The van der Waals surface area contributed by atoms with Crippen molar-refractivity contribution in [2.45, 2.75) is 46.1 Å². The van der Waals surface area contributed by atoms with Crippen LogP contribution in [0.3, 0.4) is 0 Å². The Labute approximate surface area is 114 Å². The van der Waals surface area contributed by atoms with Gasteiger partial charge in [0.25, 0.3) is 0 Å². The second-order valence-corrected chi connectivity index (χ2v) is 5.26. The summed E-state index contributed by atoms with van der Waals surface area (Å²) in [4.78, 5) is 19.6. The van der Waals surface area contributed by atoms with E-state index in [9.17, 15) is 4.79 Å². The molecule has 0 fully saturated rings. The Morgan fingerprint density at radius 1 is 1.37 bits per heavy atom. The first-order valence-corrected chi connectivity index (χ1v) is 6.48. The third kappa shape index (κ3) is 5.54. The first kappa shape index (κ1) is 15.2. The van der Waals surface area contributed by atoms with Gasteiger partial charge in [-0.2, -0.15) is 0 Å². The van der Waals surface area contributed by atoms with Crippen LogP contribution in [0.5, 0.6) is 0 Å². The number of aryl methyl sites for hydroxylation is 1. The van der Waals surface area contributed by atoms with E-state index in [0.717, 1.165) is 18.8 Å². The zero-order chi connectivity index (χ0) is 14.5. The molecule has 1 heterocycles. The Bertz CT molecular complexity index is 445. The maximum atomic E-state index is 11.0. The van der Waals surface area contributed by atoms with Gasteiger partial charge in [0.15, 0.2) is 0 Å². The highest BCUT2D eigenvalue weighted by Crippen LogP contribution is 2.18. The van der Waals surface area contributed by atoms with Crippen LogP contribution < -0.4 is 16.4 Å². The van der Waals surface area contributed by atoms with Gasteiger partial charge in [-0.3, -0.25) is 4.79 Å². The molecule has 0 saturated heterocycles. The van der Waals surface area contributed by atoms with E-state index in [2.05, 4.69) is 27.5 Å². The van der Waals surface area contributed by atoms with Gasteiger partial charge < -0.3 is 16.4 Å². The molecule has 106 valence electrons. The fraction of sp³-hybridized carbons (Fsp3) is 0.615. The third-order valence-corrected chi connectivity index (χ3v) is 2.48. The molecule has 4 N–H and O–H groups in total. The van der Waals surface area contributed by atoms with Crippen molar-refractivity contribution < 1.29 is 4.79 Å². The van der Waals surface area contributed by atoms with Gasteiger partial charge in [-0.25, -0.2) is 9.97 Å². The van der Waals surface area contributed by atoms with E-state index in [-0.39, 0.29) is 12.3 Å². The van der Waals surface area contributed by atoms with Gasteiger partial charge in [-0.15, -0.1) is 0 Å². The van der Waals surface area contributed by atoms with Crippen molar-refractivity contribution in [2.75, 3.05) is 17.2 Å². The molecule has 19 heavy (non-hydrogen) atoms. The first-order chi connectivity index (χ1) is 8.82. The Hall–Kier alpha value is -1.85. The molecule has 0 atom stereocenters. The van der Waals surface area contributed by atoms with E-state index in [1.807, 2.05) is 26.8 Å². The van der Waals surface area contributed by atoms with Crippen LogP contribution in [0.15, 0.2) is 6.07 Å². The zero-order valence-corrected chi connectivity index (χ0v) is 12.1. The number of anilines is 2. The highest BCUT2D eigenvalue weighted by Gasteiger charge is 2.21. The summed E-state index contributed by atoms with van der Waals surface area (Å²) >= 11 is 0. The van der Waals surface area contributed by atoms with E-state index in [0.29, 0.717) is 11.6 Å². The maximum absolute atomic E-state index is 11.0. The van der Waals surface area contributed by atoms with Crippen molar-refractivity contribution in [1.82, 2.24) is 9.97 Å². The fourth-order valence-corrected chi connectivity index (χ4v) is 1.80. The summed E-state index contributed by atoms with van der Waals surface area (Å²) in [6.07, 6.45) is 1.27. The van der Waals surface area contributed by atoms with E-state index in [4.69, 9.17) is 5.73 Å². The Morgan fingerprint density at radius 2 is 2.00 bits per heavy atom. The van der Waals surface area contributed by atoms with Gasteiger partial charge in [-0.05, 0) is 27.2 Å². The molecule has 0 aliphatic heterocycles. The van der Waals surface area contributed by atoms with Crippen LogP contribution in [-0.2, 0) is 4.79 Å². The normalized spacial score (nSPS) is 11.2. The summed E-state index contributed by atoms with van der Waals surface area (Å²) < 4.78 is 0. The average molecular weight is 265 g/mol. The number of carbonyl (C=O) groups excluding carboxylic acids is 1. The molecule has 0 unspecified atom stereocenters. The van der Waals surface area contributed by atoms with Crippen LogP contribution in [0.4, 0.5) is 11.6 Å². The average Bonchev–Trinajstić information content (AvgIpc) is 2.22. The summed E-state index contributed by atoms with van der Waals surface area (Å²) in [5, 5.41) is 6.43. The molecule has 6 nitrogen and oxygen atoms in total. The van der Waals surface area contributed by atoms with E-state index < -0.39 is 5.54 Å². The molecule has 0 bridgehead atoms. The lowest BCUT2D eigenvalue weighted by atomic mass is 10.0. The second kappa shape index (κ2) is 6.36. The molecule has 1 aromatic heterocycles. The van der Waals surface area contributed by atoms with Crippen LogP contribution in [0.2, 0.25) is 0 Å². The largest absolute Gasteiger partial charge is 0.370 e. The Balaban J connectivity index is 2.82. The van der Waals surface area contributed by atoms with Crippen LogP contribution in [-0.4, -0.2) is 28.0 Å². The van der Waals surface area contributed by atoms with Gasteiger partial charge in [0.2, 0.25) is 5.91 Å². The molecule has 6 heteroatoms. The summed E-state index contributed by atoms with van der Waals surface area (Å²) in [6, 6.07) is 1.84. The lowest BCUT2D eigenvalue weighted by molar-refractivity contribution is -0.118. The number of carbonyl (C=O) groups is 1. The molecule has 0 radical (unpaired) electrons. The number of primary amides is 1. The number of nitrogens with two attached hydrogens (primary N) is 1. The van der Waals surface area contributed by atoms with E-state index >= 15 is 0 Å². The van der Waals surface area contributed by atoms with Crippen LogP contribution in [0, 0.1) is 6.92 Å². The van der Waals surface area contributed by atoms with Crippen LogP contribution in [0.1, 0.15) is 39.4 Å². The van der Waals surface area contributed by atoms with Crippen molar-refractivity contribution >= 4 is 17.5 Å². The predicted molar refractivity (Wildman–Crippen MR) is 77.1 cm³/mol. The fourth-order valence-electron chi connectivity index (χ4n) is 1.80. The lowest BCUT2D eigenvalue weighted by Gasteiger charge is -2.25. The molecule has 0 aliphatic rings. The van der Waals surface area contributed by atoms with Gasteiger partial charge in [0.05, 0.1) is 0 Å². The van der Waals surface area contributed by atoms with E-state index in [1.165, 1.54) is 0 Å². The van der Waals surface area contributed by atoms with Gasteiger partial charge in [-0.1, -0.05) is 6.92 Å². The smallest absolute Gasteiger partial charge is 0.219 e. The summed E-state index contributed by atoms with van der Waals surface area (Å²) in [5.41, 5.74) is 4.80. The van der Waals surface area contributed by atoms with Gasteiger partial charge in [0.1, 0.15) is 17.5 Å². The van der Waals surface area contributed by atoms with Crippen molar-refractivity contribution in [3.63, 3.8) is 0 Å². The molecule has 0 saturated carbocycles. The van der Waals surface area contributed by atoms with Crippen molar-refractivity contribution in [1.29, 1.82) is 0 Å². The van der Waals surface area contributed by atoms with E-state index in [1.54, 1.807) is 0 Å². The summed E-state index contributed by atoms with van der Waals surface area (Å²) in [7, 11) is 0. The topological polar surface area (TPSA) is 92.9 Å². The number of aromatic nitrogens is 2. The van der Waals surface area contributed by atoms with Crippen molar-refractivity contribution in [2.24, 2.45) is 5.73 Å². The van der Waals surface area contributed by atoms with Crippen molar-refractivity contribution in [3.05, 3.63) is 11.9 Å². The minimum atomic E-state index is -0.436. The standard InChI is InChI=1S/C13H23N5O/c1-5-6-15-11-7-12(17-9(2)16-11)18-13(3,4)8-10(14)19/h7H,5-6,8H2,1-4H3,(H2,14,19)(H2,15,16,17,18). The zero-order valence-electron chi connectivity index (χ0n) is 12.1. The predicted octanol–water partition coefficient (Wildman–Crippen LogP) is 1.67. The number of hydrogen-bond donors (Lipinski definition) is 3. The number of nitrogens with one attached hydrogen (secondary N) is 2. The number of nitrogens with zero attached hydrogens (tertiary/aromatic N) is 2. The monoisotopic (exact) mass is 265 g/mol.